The zero-order valence-electron chi connectivity index (χ0n) is 7.12. The van der Waals surface area contributed by atoms with Gasteiger partial charge in [-0.25, -0.2) is 0 Å². The largest absolute Gasteiger partial charge is 0.481 e. The third-order valence-corrected chi connectivity index (χ3v) is 0.862. The minimum absolute atomic E-state index is 0. The van der Waals surface area contributed by atoms with Gasteiger partial charge in [-0.1, -0.05) is 19.2 Å². The molecule has 0 aliphatic carbocycles. The fourth-order valence-corrected chi connectivity index (χ4v) is 0. The van der Waals surface area contributed by atoms with Crippen LogP contribution in [0.1, 0.15) is 21.3 Å². The Bertz CT molecular complexity index is 101. The summed E-state index contributed by atoms with van der Waals surface area (Å²) in [5.74, 6) is -0.833. The van der Waals surface area contributed by atoms with Crippen molar-refractivity contribution in [2.75, 3.05) is 12.5 Å². The van der Waals surface area contributed by atoms with Crippen LogP contribution in [0.3, 0.4) is 0 Å². The van der Waals surface area contributed by atoms with Gasteiger partial charge in [0.2, 0.25) is 0 Å². The van der Waals surface area contributed by atoms with Gasteiger partial charge in [-0.2, -0.15) is 12.6 Å². The highest BCUT2D eigenvalue weighted by Crippen LogP contribution is 1.88. The van der Waals surface area contributed by atoms with E-state index in [1.54, 1.807) is 19.4 Å². The summed E-state index contributed by atoms with van der Waals surface area (Å²) < 4.78 is 0. The van der Waals surface area contributed by atoms with E-state index in [4.69, 9.17) is 9.90 Å². The lowest BCUT2D eigenvalue weighted by molar-refractivity contribution is -0.134. The first-order valence-electron chi connectivity index (χ1n) is 2.69. The van der Waals surface area contributed by atoms with Crippen molar-refractivity contribution in [2.45, 2.75) is 21.3 Å². The first-order valence-corrected chi connectivity index (χ1v) is 4.81. The van der Waals surface area contributed by atoms with Gasteiger partial charge in [0, 0.05) is 13.8 Å². The normalized spacial score (nSPS) is 5.75. The highest BCUT2D eigenvalue weighted by molar-refractivity contribution is 8.12. The lowest BCUT2D eigenvalue weighted by Crippen LogP contribution is -1.78. The molecule has 5 heteroatoms. The van der Waals surface area contributed by atoms with Crippen LogP contribution in [0.4, 0.5) is 0 Å². The van der Waals surface area contributed by atoms with Crippen molar-refractivity contribution >= 4 is 35.5 Å². The number of thiol groups is 1. The van der Waals surface area contributed by atoms with E-state index in [-0.39, 0.29) is 12.5 Å². The topological polar surface area (TPSA) is 54.4 Å². The first kappa shape index (κ1) is 22.6. The Kier molecular flexibility index (Phi) is 42.3. The Morgan fingerprint density at radius 1 is 1.25 bits per heavy atom. The van der Waals surface area contributed by atoms with Gasteiger partial charge in [0.15, 0.2) is 5.12 Å². The van der Waals surface area contributed by atoms with Crippen LogP contribution < -0.4 is 0 Å². The molecule has 0 aromatic carbocycles. The zero-order valence-corrected chi connectivity index (χ0v) is 8.83. The van der Waals surface area contributed by atoms with E-state index in [0.717, 1.165) is 6.92 Å². The summed E-state index contributed by atoms with van der Waals surface area (Å²) in [6, 6.07) is 0. The molecule has 0 saturated heterocycles. The minimum Gasteiger partial charge on any atom is -0.481 e. The van der Waals surface area contributed by atoms with Gasteiger partial charge in [-0.15, -0.1) is 0 Å². The summed E-state index contributed by atoms with van der Waals surface area (Å²) in [6.07, 6.45) is 3.46. The average molecular weight is 214 g/mol. The van der Waals surface area contributed by atoms with Gasteiger partial charge in [0.1, 0.15) is 0 Å². The summed E-state index contributed by atoms with van der Waals surface area (Å²) in [5.41, 5.74) is 0. The molecule has 0 aromatic rings. The quantitative estimate of drug-likeness (QED) is 0.607. The fourth-order valence-electron chi connectivity index (χ4n) is 0. The molecule has 0 atom stereocenters. The molecule has 0 radical (unpaired) electrons. The van der Waals surface area contributed by atoms with Gasteiger partial charge in [0.25, 0.3) is 5.97 Å². The number of thioether (sulfide) groups is 1. The number of hydrogen-bond acceptors (Lipinski definition) is 4. The van der Waals surface area contributed by atoms with Crippen molar-refractivity contribution in [3.63, 3.8) is 0 Å². The monoisotopic (exact) mass is 214 g/mol. The summed E-state index contributed by atoms with van der Waals surface area (Å²) >= 11 is 4.77. The van der Waals surface area contributed by atoms with Gasteiger partial charge in [0.05, 0.1) is 0 Å². The van der Waals surface area contributed by atoms with E-state index in [2.05, 4.69) is 12.6 Å². The molecule has 0 aromatic heterocycles. The number of aliphatic carboxylic acids is 1. The number of carbonyl (C=O) groups is 2. The van der Waals surface area contributed by atoms with Crippen LogP contribution in [-0.4, -0.2) is 28.7 Å². The minimum atomic E-state index is -0.833. The van der Waals surface area contributed by atoms with Crippen molar-refractivity contribution in [1.29, 1.82) is 0 Å². The predicted octanol–water partition coefficient (Wildman–Crippen LogP) is 2.17. The summed E-state index contributed by atoms with van der Waals surface area (Å²) in [6.45, 7) is 2.63. The number of hydrogen-bond donors (Lipinski definition) is 2. The fraction of sp³-hybridized carbons (Fsp3) is 0.714. The van der Waals surface area contributed by atoms with Crippen LogP contribution in [0.2, 0.25) is 0 Å². The SMILES string of the molecule is C.CC(=O)O.CS.CSC(C)=O. The van der Waals surface area contributed by atoms with Crippen molar-refractivity contribution < 1.29 is 14.7 Å². The molecule has 3 nitrogen and oxygen atoms in total. The molecule has 0 amide bonds. The predicted molar refractivity (Wildman–Crippen MR) is 59.1 cm³/mol. The van der Waals surface area contributed by atoms with Gasteiger partial charge in [-0.05, 0) is 12.5 Å². The lowest BCUT2D eigenvalue weighted by atomic mass is 10.9. The van der Waals surface area contributed by atoms with Crippen LogP contribution >= 0.6 is 24.4 Å². The zero-order chi connectivity index (χ0) is 9.86. The second-order valence-corrected chi connectivity index (χ2v) is 2.20. The lowest BCUT2D eigenvalue weighted by Gasteiger charge is -1.71. The molecule has 1 N–H and O–H groups in total. The maximum absolute atomic E-state index is 9.78. The van der Waals surface area contributed by atoms with Crippen LogP contribution in [0.25, 0.3) is 0 Å². The van der Waals surface area contributed by atoms with Crippen molar-refractivity contribution in [3.8, 4) is 0 Å². The molecule has 0 saturated carbocycles. The summed E-state index contributed by atoms with van der Waals surface area (Å²) in [7, 11) is 0. The molecular formula is C7H18O3S2. The number of carboxylic acid groups (broad SMARTS) is 1. The summed E-state index contributed by atoms with van der Waals surface area (Å²) in [5, 5.41) is 7.59. The molecule has 0 fully saturated rings. The van der Waals surface area contributed by atoms with Crippen LogP contribution in [0.5, 0.6) is 0 Å². The van der Waals surface area contributed by atoms with Gasteiger partial charge >= 0.3 is 0 Å². The second-order valence-electron chi connectivity index (χ2n) is 1.21. The Morgan fingerprint density at radius 2 is 1.33 bits per heavy atom. The number of rotatable bonds is 0. The molecule has 0 spiro atoms. The average Bonchev–Trinajstić information content (AvgIpc) is 1.91. The Hall–Kier alpha value is -0.160. The molecule has 76 valence electrons. The third-order valence-electron chi connectivity index (χ3n) is 0.287. The first-order chi connectivity index (χ1) is 5.00. The Balaban J connectivity index is -0.0000000419. The molecule has 0 aliphatic rings. The molecule has 0 rings (SSSR count). The number of carbonyl (C=O) groups excluding carboxylic acids is 1. The highest BCUT2D eigenvalue weighted by atomic mass is 32.2. The van der Waals surface area contributed by atoms with E-state index < -0.39 is 5.97 Å². The molecule has 12 heavy (non-hydrogen) atoms. The van der Waals surface area contributed by atoms with E-state index in [9.17, 15) is 4.79 Å². The van der Waals surface area contributed by atoms with Gasteiger partial charge < -0.3 is 5.11 Å². The second kappa shape index (κ2) is 22.4. The van der Waals surface area contributed by atoms with Crippen molar-refractivity contribution in [1.82, 2.24) is 0 Å². The van der Waals surface area contributed by atoms with Gasteiger partial charge in [-0.3, -0.25) is 9.59 Å². The van der Waals surface area contributed by atoms with E-state index >= 15 is 0 Å². The van der Waals surface area contributed by atoms with Crippen LogP contribution in [0.15, 0.2) is 0 Å². The third kappa shape index (κ3) is 227. The molecule has 0 aliphatic heterocycles. The maximum Gasteiger partial charge on any atom is 0.300 e. The van der Waals surface area contributed by atoms with Crippen molar-refractivity contribution in [2.24, 2.45) is 0 Å². The Morgan fingerprint density at radius 3 is 1.33 bits per heavy atom. The smallest absolute Gasteiger partial charge is 0.300 e. The molecule has 0 unspecified atom stereocenters. The molecule has 0 bridgehead atoms. The summed E-state index contributed by atoms with van der Waals surface area (Å²) in [4.78, 5) is 18.8. The maximum atomic E-state index is 9.78. The Labute approximate surface area is 84.3 Å². The van der Waals surface area contributed by atoms with E-state index in [1.165, 1.54) is 11.8 Å². The number of carboxylic acids is 1. The van der Waals surface area contributed by atoms with Crippen molar-refractivity contribution in [3.05, 3.63) is 0 Å². The van der Waals surface area contributed by atoms with E-state index in [0.29, 0.717) is 0 Å². The van der Waals surface area contributed by atoms with Crippen LogP contribution in [-0.2, 0) is 9.59 Å². The highest BCUT2D eigenvalue weighted by Gasteiger charge is 1.77. The van der Waals surface area contributed by atoms with E-state index in [1.807, 2.05) is 0 Å². The standard InChI is InChI=1S/C3H6OS.C2H4O2.CH4S.CH4/c1-3(4)5-2;1-2(3)4;1-2;/h1-2H3;1H3,(H,3,4);2H,1H3;1H4. The van der Waals surface area contributed by atoms with Crippen LogP contribution in [0, 0.1) is 0 Å². The molecule has 0 heterocycles. The molecular weight excluding hydrogens is 196 g/mol.